The van der Waals surface area contributed by atoms with Crippen LogP contribution in [0, 0.1) is 11.6 Å². The first-order chi connectivity index (χ1) is 10.6. The lowest BCUT2D eigenvalue weighted by atomic mass is 10.1. The Morgan fingerprint density at radius 3 is 2.68 bits per heavy atom. The van der Waals surface area contributed by atoms with Crippen molar-refractivity contribution in [1.82, 2.24) is 10.2 Å². The van der Waals surface area contributed by atoms with Gasteiger partial charge in [0.25, 0.3) is 0 Å². The fraction of sp³-hybridized carbons (Fsp3) is 0.562. The average molecular weight is 312 g/mol. The number of benzene rings is 1. The second kappa shape index (κ2) is 8.08. The normalized spacial score (nSPS) is 15.6. The Balaban J connectivity index is 1.93. The predicted octanol–water partition coefficient (Wildman–Crippen LogP) is 3.07. The molecule has 4 nitrogen and oxygen atoms in total. The molecule has 0 spiro atoms. The van der Waals surface area contributed by atoms with Crippen molar-refractivity contribution < 1.29 is 18.3 Å². The first-order valence-corrected chi connectivity index (χ1v) is 7.70. The van der Waals surface area contributed by atoms with Gasteiger partial charge in [-0.05, 0) is 50.0 Å². The number of ether oxygens (including phenoxy) is 1. The van der Waals surface area contributed by atoms with E-state index in [1.54, 1.807) is 4.90 Å². The van der Waals surface area contributed by atoms with Crippen LogP contribution in [0.4, 0.5) is 13.6 Å². The molecule has 1 amide bonds. The second-order valence-electron chi connectivity index (χ2n) is 5.48. The van der Waals surface area contributed by atoms with Crippen LogP contribution in [0.3, 0.4) is 0 Å². The van der Waals surface area contributed by atoms with E-state index in [2.05, 4.69) is 5.32 Å². The van der Waals surface area contributed by atoms with Crippen LogP contribution in [-0.2, 0) is 11.3 Å². The zero-order chi connectivity index (χ0) is 15.9. The van der Waals surface area contributed by atoms with Crippen molar-refractivity contribution in [2.45, 2.75) is 38.8 Å². The molecule has 1 N–H and O–H groups in total. The standard InChI is InChI=1S/C16H22F2N2O2/c1-2-9-20(13-5-7-19-8-6-13)16(21)22-11-12-3-4-14(17)15(18)10-12/h3-4,10,13,19H,2,5-9,11H2,1H3. The highest BCUT2D eigenvalue weighted by molar-refractivity contribution is 5.68. The van der Waals surface area contributed by atoms with E-state index in [0.29, 0.717) is 12.1 Å². The summed E-state index contributed by atoms with van der Waals surface area (Å²) in [5, 5.41) is 3.26. The summed E-state index contributed by atoms with van der Waals surface area (Å²) in [6, 6.07) is 3.69. The number of piperidine rings is 1. The Kier molecular flexibility index (Phi) is 6.12. The fourth-order valence-corrected chi connectivity index (χ4v) is 2.64. The van der Waals surface area contributed by atoms with Crippen molar-refractivity contribution in [1.29, 1.82) is 0 Å². The van der Waals surface area contributed by atoms with Gasteiger partial charge >= 0.3 is 6.09 Å². The number of carbonyl (C=O) groups is 1. The monoisotopic (exact) mass is 312 g/mol. The number of nitrogens with one attached hydrogen (secondary N) is 1. The van der Waals surface area contributed by atoms with E-state index in [1.807, 2.05) is 6.92 Å². The molecule has 1 heterocycles. The summed E-state index contributed by atoms with van der Waals surface area (Å²) < 4.78 is 31.3. The van der Waals surface area contributed by atoms with Gasteiger partial charge in [0.2, 0.25) is 0 Å². The van der Waals surface area contributed by atoms with Gasteiger partial charge in [-0.15, -0.1) is 0 Å². The summed E-state index contributed by atoms with van der Waals surface area (Å²) >= 11 is 0. The Hall–Kier alpha value is -1.69. The lowest BCUT2D eigenvalue weighted by molar-refractivity contribution is 0.0733. The van der Waals surface area contributed by atoms with Crippen molar-refractivity contribution in [3.8, 4) is 0 Å². The Morgan fingerprint density at radius 2 is 2.05 bits per heavy atom. The average Bonchev–Trinajstić information content (AvgIpc) is 2.54. The van der Waals surface area contributed by atoms with Gasteiger partial charge in [-0.2, -0.15) is 0 Å². The van der Waals surface area contributed by atoms with E-state index in [-0.39, 0.29) is 12.6 Å². The van der Waals surface area contributed by atoms with Crippen LogP contribution in [0.15, 0.2) is 18.2 Å². The van der Waals surface area contributed by atoms with Gasteiger partial charge in [-0.25, -0.2) is 13.6 Å². The van der Waals surface area contributed by atoms with Gasteiger partial charge in [0, 0.05) is 12.6 Å². The van der Waals surface area contributed by atoms with Gasteiger partial charge in [0.15, 0.2) is 11.6 Å². The molecular weight excluding hydrogens is 290 g/mol. The smallest absolute Gasteiger partial charge is 0.410 e. The molecular formula is C16H22F2N2O2. The third-order valence-corrected chi connectivity index (χ3v) is 3.79. The minimum atomic E-state index is -0.933. The molecule has 0 aromatic heterocycles. The van der Waals surface area contributed by atoms with Crippen molar-refractivity contribution in [3.05, 3.63) is 35.4 Å². The molecule has 0 radical (unpaired) electrons. The third-order valence-electron chi connectivity index (χ3n) is 3.79. The zero-order valence-corrected chi connectivity index (χ0v) is 12.8. The molecule has 1 saturated heterocycles. The molecule has 1 aliphatic rings. The minimum Gasteiger partial charge on any atom is -0.445 e. The highest BCUT2D eigenvalue weighted by Crippen LogP contribution is 2.15. The quantitative estimate of drug-likeness (QED) is 0.908. The number of halogens is 2. The number of hydrogen-bond acceptors (Lipinski definition) is 3. The molecule has 122 valence electrons. The lowest BCUT2D eigenvalue weighted by Gasteiger charge is -2.33. The van der Waals surface area contributed by atoms with E-state index in [9.17, 15) is 13.6 Å². The SMILES string of the molecule is CCCN(C(=O)OCc1ccc(F)c(F)c1)C1CCNCC1. The molecule has 0 bridgehead atoms. The Bertz CT molecular complexity index is 505. The van der Waals surface area contributed by atoms with Crippen LogP contribution in [-0.4, -0.2) is 36.7 Å². The fourth-order valence-electron chi connectivity index (χ4n) is 2.64. The maximum absolute atomic E-state index is 13.1. The van der Waals surface area contributed by atoms with E-state index < -0.39 is 17.7 Å². The summed E-state index contributed by atoms with van der Waals surface area (Å²) in [5.74, 6) is -1.84. The van der Waals surface area contributed by atoms with Gasteiger partial charge in [-0.3, -0.25) is 0 Å². The summed E-state index contributed by atoms with van der Waals surface area (Å²) in [4.78, 5) is 14.0. The molecule has 1 aliphatic heterocycles. The topological polar surface area (TPSA) is 41.6 Å². The summed E-state index contributed by atoms with van der Waals surface area (Å²) in [6.07, 6.45) is 2.27. The molecule has 0 saturated carbocycles. The van der Waals surface area contributed by atoms with E-state index in [0.717, 1.165) is 44.5 Å². The number of rotatable bonds is 5. The minimum absolute atomic E-state index is 0.0543. The van der Waals surface area contributed by atoms with E-state index in [4.69, 9.17) is 4.74 Å². The largest absolute Gasteiger partial charge is 0.445 e. The molecule has 2 rings (SSSR count). The van der Waals surface area contributed by atoms with E-state index >= 15 is 0 Å². The maximum Gasteiger partial charge on any atom is 0.410 e. The molecule has 0 unspecified atom stereocenters. The molecule has 1 aromatic rings. The molecule has 1 fully saturated rings. The van der Waals surface area contributed by atoms with Crippen LogP contribution < -0.4 is 5.32 Å². The Labute approximate surface area is 129 Å². The van der Waals surface area contributed by atoms with Crippen molar-refractivity contribution in [2.75, 3.05) is 19.6 Å². The molecule has 0 aliphatic carbocycles. The number of carbonyl (C=O) groups excluding carboxylic acids is 1. The first kappa shape index (κ1) is 16.7. The Morgan fingerprint density at radius 1 is 1.32 bits per heavy atom. The lowest BCUT2D eigenvalue weighted by Crippen LogP contribution is -2.46. The molecule has 6 heteroatoms. The van der Waals surface area contributed by atoms with Crippen LogP contribution in [0.5, 0.6) is 0 Å². The predicted molar refractivity (Wildman–Crippen MR) is 79.4 cm³/mol. The van der Waals surface area contributed by atoms with Gasteiger partial charge in [0.1, 0.15) is 6.61 Å². The molecule has 0 atom stereocenters. The van der Waals surface area contributed by atoms with Gasteiger partial charge < -0.3 is 15.0 Å². The van der Waals surface area contributed by atoms with Crippen molar-refractivity contribution in [3.63, 3.8) is 0 Å². The summed E-state index contributed by atoms with van der Waals surface area (Å²) in [7, 11) is 0. The first-order valence-electron chi connectivity index (χ1n) is 7.70. The van der Waals surface area contributed by atoms with Gasteiger partial charge in [0.05, 0.1) is 0 Å². The van der Waals surface area contributed by atoms with Crippen LogP contribution >= 0.6 is 0 Å². The highest BCUT2D eigenvalue weighted by atomic mass is 19.2. The zero-order valence-electron chi connectivity index (χ0n) is 12.8. The van der Waals surface area contributed by atoms with Crippen molar-refractivity contribution >= 4 is 6.09 Å². The summed E-state index contributed by atoms with van der Waals surface area (Å²) in [6.45, 7) is 4.38. The van der Waals surface area contributed by atoms with E-state index in [1.165, 1.54) is 6.07 Å². The maximum atomic E-state index is 13.1. The number of hydrogen-bond donors (Lipinski definition) is 1. The number of amides is 1. The van der Waals surface area contributed by atoms with Crippen molar-refractivity contribution in [2.24, 2.45) is 0 Å². The van der Waals surface area contributed by atoms with Gasteiger partial charge in [-0.1, -0.05) is 13.0 Å². The summed E-state index contributed by atoms with van der Waals surface area (Å²) in [5.41, 5.74) is 0.439. The molecule has 1 aromatic carbocycles. The van der Waals surface area contributed by atoms with Crippen LogP contribution in [0.25, 0.3) is 0 Å². The van der Waals surface area contributed by atoms with Crippen LogP contribution in [0.2, 0.25) is 0 Å². The second-order valence-corrected chi connectivity index (χ2v) is 5.48. The number of nitrogens with zero attached hydrogens (tertiary/aromatic N) is 1. The third kappa shape index (κ3) is 4.40. The molecule has 22 heavy (non-hydrogen) atoms. The van der Waals surface area contributed by atoms with Crippen LogP contribution in [0.1, 0.15) is 31.7 Å². The highest BCUT2D eigenvalue weighted by Gasteiger charge is 2.25.